The molecule has 0 bridgehead atoms. The van der Waals surface area contributed by atoms with E-state index in [1.165, 1.54) is 0 Å². The highest BCUT2D eigenvalue weighted by Gasteiger charge is 1.83. The number of hydrazine groups is 1. The van der Waals surface area contributed by atoms with Crippen molar-refractivity contribution in [1.29, 1.82) is 0 Å². The Balaban J connectivity index is 2.50. The standard InChI is InChI=1S/C5H8N2S/c1-6-7-5-2-3-8-4-5/h2-4,6-7H,1H3. The molecule has 0 aromatic carbocycles. The lowest BCUT2D eigenvalue weighted by molar-refractivity contribution is 0.986. The summed E-state index contributed by atoms with van der Waals surface area (Å²) >= 11 is 1.68. The van der Waals surface area contributed by atoms with Crippen molar-refractivity contribution in [2.45, 2.75) is 0 Å². The third-order valence-corrected chi connectivity index (χ3v) is 1.47. The van der Waals surface area contributed by atoms with Gasteiger partial charge in [0, 0.05) is 12.4 Å². The van der Waals surface area contributed by atoms with Crippen LogP contribution >= 0.6 is 11.3 Å². The van der Waals surface area contributed by atoms with Crippen LogP contribution < -0.4 is 10.9 Å². The van der Waals surface area contributed by atoms with Crippen molar-refractivity contribution in [3.63, 3.8) is 0 Å². The molecular weight excluding hydrogens is 120 g/mol. The maximum atomic E-state index is 2.95. The van der Waals surface area contributed by atoms with Gasteiger partial charge in [0.15, 0.2) is 0 Å². The average molecular weight is 128 g/mol. The Morgan fingerprint density at radius 3 is 3.00 bits per heavy atom. The van der Waals surface area contributed by atoms with Crippen LogP contribution in [0.25, 0.3) is 0 Å². The summed E-state index contributed by atoms with van der Waals surface area (Å²) in [6, 6.07) is 2.02. The minimum atomic E-state index is 1.12. The first-order valence-electron chi connectivity index (χ1n) is 2.38. The van der Waals surface area contributed by atoms with E-state index < -0.39 is 0 Å². The second kappa shape index (κ2) is 2.69. The first-order valence-corrected chi connectivity index (χ1v) is 3.32. The highest BCUT2D eigenvalue weighted by Crippen LogP contribution is 2.09. The number of hydrogen-bond acceptors (Lipinski definition) is 3. The number of anilines is 1. The van der Waals surface area contributed by atoms with E-state index in [-0.39, 0.29) is 0 Å². The highest BCUT2D eigenvalue weighted by molar-refractivity contribution is 7.08. The lowest BCUT2D eigenvalue weighted by atomic mass is 10.6. The van der Waals surface area contributed by atoms with Crippen LogP contribution in [0.4, 0.5) is 5.69 Å². The molecule has 8 heavy (non-hydrogen) atoms. The Hall–Kier alpha value is -0.540. The highest BCUT2D eigenvalue weighted by atomic mass is 32.1. The molecule has 0 saturated heterocycles. The lowest BCUT2D eigenvalue weighted by Gasteiger charge is -1.96. The SMILES string of the molecule is CNNc1ccsc1. The Bertz CT molecular complexity index is 136. The van der Waals surface area contributed by atoms with Crippen molar-refractivity contribution in [2.24, 2.45) is 0 Å². The van der Waals surface area contributed by atoms with Gasteiger partial charge in [-0.3, -0.25) is 0 Å². The Labute approximate surface area is 52.5 Å². The Morgan fingerprint density at radius 2 is 2.50 bits per heavy atom. The van der Waals surface area contributed by atoms with E-state index >= 15 is 0 Å². The van der Waals surface area contributed by atoms with E-state index in [4.69, 9.17) is 0 Å². The van der Waals surface area contributed by atoms with Gasteiger partial charge < -0.3 is 5.43 Å². The Kier molecular flexibility index (Phi) is 1.88. The summed E-state index contributed by atoms with van der Waals surface area (Å²) in [4.78, 5) is 0. The molecule has 0 unspecified atom stereocenters. The van der Waals surface area contributed by atoms with Gasteiger partial charge in [0.25, 0.3) is 0 Å². The number of hydrogen-bond donors (Lipinski definition) is 2. The van der Waals surface area contributed by atoms with Gasteiger partial charge in [0.05, 0.1) is 5.69 Å². The zero-order valence-corrected chi connectivity index (χ0v) is 5.46. The monoisotopic (exact) mass is 128 g/mol. The Morgan fingerprint density at radius 1 is 1.62 bits per heavy atom. The van der Waals surface area contributed by atoms with Gasteiger partial charge in [-0.05, 0) is 11.4 Å². The smallest absolute Gasteiger partial charge is 0.0594 e. The molecular formula is C5H8N2S. The molecule has 0 amide bonds. The van der Waals surface area contributed by atoms with Gasteiger partial charge in [-0.15, -0.1) is 0 Å². The van der Waals surface area contributed by atoms with Crippen molar-refractivity contribution in [3.05, 3.63) is 16.8 Å². The van der Waals surface area contributed by atoms with Gasteiger partial charge >= 0.3 is 0 Å². The summed E-state index contributed by atoms with van der Waals surface area (Å²) in [5.41, 5.74) is 6.90. The molecule has 0 atom stereocenters. The van der Waals surface area contributed by atoms with Crippen molar-refractivity contribution in [2.75, 3.05) is 12.5 Å². The van der Waals surface area contributed by atoms with E-state index in [1.807, 2.05) is 23.9 Å². The van der Waals surface area contributed by atoms with Crippen LogP contribution in [0.15, 0.2) is 16.8 Å². The lowest BCUT2D eigenvalue weighted by Crippen LogP contribution is -2.13. The predicted molar refractivity (Wildman–Crippen MR) is 37.0 cm³/mol. The summed E-state index contributed by atoms with van der Waals surface area (Å²) in [6.45, 7) is 0. The van der Waals surface area contributed by atoms with E-state index in [2.05, 4.69) is 10.9 Å². The van der Waals surface area contributed by atoms with Crippen LogP contribution in [0.1, 0.15) is 0 Å². The molecule has 0 aliphatic rings. The fourth-order valence-electron chi connectivity index (χ4n) is 0.480. The fourth-order valence-corrected chi connectivity index (χ4v) is 1.07. The molecule has 0 spiro atoms. The van der Waals surface area contributed by atoms with Crippen LogP contribution in [0, 0.1) is 0 Å². The van der Waals surface area contributed by atoms with Crippen LogP contribution in [0.2, 0.25) is 0 Å². The summed E-state index contributed by atoms with van der Waals surface area (Å²) in [5, 5.41) is 4.07. The van der Waals surface area contributed by atoms with E-state index in [9.17, 15) is 0 Å². The molecule has 1 aromatic heterocycles. The van der Waals surface area contributed by atoms with Crippen molar-refractivity contribution < 1.29 is 0 Å². The van der Waals surface area contributed by atoms with E-state index in [0.717, 1.165) is 5.69 Å². The molecule has 0 saturated carbocycles. The van der Waals surface area contributed by atoms with Crippen molar-refractivity contribution in [3.8, 4) is 0 Å². The van der Waals surface area contributed by atoms with E-state index in [0.29, 0.717) is 0 Å². The molecule has 0 aliphatic carbocycles. The molecule has 0 fully saturated rings. The van der Waals surface area contributed by atoms with Crippen LogP contribution in [-0.4, -0.2) is 7.05 Å². The van der Waals surface area contributed by atoms with Gasteiger partial charge in [0.2, 0.25) is 0 Å². The first kappa shape index (κ1) is 5.59. The third-order valence-electron chi connectivity index (χ3n) is 0.791. The normalized spacial score (nSPS) is 9.12. The third kappa shape index (κ3) is 1.21. The predicted octanol–water partition coefficient (Wildman–Crippen LogP) is 1.29. The summed E-state index contributed by atoms with van der Waals surface area (Å²) < 4.78 is 0. The molecule has 3 heteroatoms. The average Bonchev–Trinajstić information content (AvgIpc) is 2.19. The van der Waals surface area contributed by atoms with Gasteiger partial charge in [-0.2, -0.15) is 11.3 Å². The molecule has 44 valence electrons. The molecule has 2 N–H and O–H groups in total. The number of rotatable bonds is 2. The molecule has 0 radical (unpaired) electrons. The van der Waals surface area contributed by atoms with Crippen LogP contribution in [-0.2, 0) is 0 Å². The van der Waals surface area contributed by atoms with Gasteiger partial charge in [-0.25, -0.2) is 5.43 Å². The van der Waals surface area contributed by atoms with Crippen molar-refractivity contribution >= 4 is 17.0 Å². The maximum absolute atomic E-state index is 2.95. The molecule has 1 heterocycles. The summed E-state index contributed by atoms with van der Waals surface area (Å²) in [5.74, 6) is 0. The quantitative estimate of drug-likeness (QED) is 0.586. The van der Waals surface area contributed by atoms with Gasteiger partial charge in [-0.1, -0.05) is 0 Å². The zero-order chi connectivity index (χ0) is 5.82. The summed E-state index contributed by atoms with van der Waals surface area (Å²) in [7, 11) is 1.84. The van der Waals surface area contributed by atoms with Crippen molar-refractivity contribution in [1.82, 2.24) is 5.43 Å². The van der Waals surface area contributed by atoms with E-state index in [1.54, 1.807) is 11.3 Å². The maximum Gasteiger partial charge on any atom is 0.0594 e. The molecule has 0 aliphatic heterocycles. The first-order chi connectivity index (χ1) is 3.93. The molecule has 2 nitrogen and oxygen atoms in total. The zero-order valence-electron chi connectivity index (χ0n) is 4.64. The minimum absolute atomic E-state index is 1.12. The second-order valence-electron chi connectivity index (χ2n) is 1.39. The fraction of sp³-hybridized carbons (Fsp3) is 0.200. The van der Waals surface area contributed by atoms with Crippen LogP contribution in [0.3, 0.4) is 0 Å². The summed E-state index contributed by atoms with van der Waals surface area (Å²) in [6.07, 6.45) is 0. The van der Waals surface area contributed by atoms with Gasteiger partial charge in [0.1, 0.15) is 0 Å². The topological polar surface area (TPSA) is 24.1 Å². The van der Waals surface area contributed by atoms with Crippen LogP contribution in [0.5, 0.6) is 0 Å². The number of thiophene rings is 1. The number of nitrogens with one attached hydrogen (secondary N) is 2. The molecule has 1 rings (SSSR count). The molecule has 1 aromatic rings. The second-order valence-corrected chi connectivity index (χ2v) is 2.17. The largest absolute Gasteiger partial charge is 0.321 e. The minimum Gasteiger partial charge on any atom is -0.321 e.